The molecule has 92 valence electrons. The van der Waals surface area contributed by atoms with E-state index in [1.807, 2.05) is 0 Å². The minimum Gasteiger partial charge on any atom is -0.424 e. The first-order valence-corrected chi connectivity index (χ1v) is 5.95. The Morgan fingerprint density at radius 1 is 1.25 bits per heavy atom. The molecule has 0 bridgehead atoms. The van der Waals surface area contributed by atoms with E-state index in [0.29, 0.717) is 18.4 Å². The zero-order chi connectivity index (χ0) is 12.2. The van der Waals surface area contributed by atoms with Gasteiger partial charge in [0, 0.05) is 6.42 Å². The molecule has 4 nitrogen and oxygen atoms in total. The summed E-state index contributed by atoms with van der Waals surface area (Å²) < 4.78 is 5.57. The van der Waals surface area contributed by atoms with Crippen LogP contribution in [0.2, 0.25) is 0 Å². The molecule has 0 saturated heterocycles. The van der Waals surface area contributed by atoms with Gasteiger partial charge in [0.1, 0.15) is 0 Å². The summed E-state index contributed by atoms with van der Waals surface area (Å²) in [5.41, 5.74) is 0.274. The molecule has 16 heavy (non-hydrogen) atoms. The van der Waals surface area contributed by atoms with Crippen LogP contribution in [0.5, 0.6) is 0 Å². The molecule has 0 aliphatic carbocycles. The minimum absolute atomic E-state index is 0.274. The van der Waals surface area contributed by atoms with Crippen molar-refractivity contribution in [3.05, 3.63) is 11.8 Å². The lowest BCUT2D eigenvalue weighted by Gasteiger charge is -2.25. The van der Waals surface area contributed by atoms with Gasteiger partial charge in [-0.1, -0.05) is 34.6 Å². The number of hydrogen-bond donors (Lipinski definition) is 1. The first-order valence-electron chi connectivity index (χ1n) is 5.95. The molecule has 0 aliphatic heterocycles. The minimum atomic E-state index is 0.274. The molecule has 1 heterocycles. The molecular formula is C12H23N3O. The van der Waals surface area contributed by atoms with Gasteiger partial charge in [-0.05, 0) is 17.9 Å². The van der Waals surface area contributed by atoms with Crippen molar-refractivity contribution in [2.45, 2.75) is 47.6 Å². The lowest BCUT2D eigenvalue weighted by molar-refractivity contribution is 0.243. The van der Waals surface area contributed by atoms with Crippen LogP contribution in [0.25, 0.3) is 0 Å². The molecule has 1 unspecified atom stereocenters. The highest BCUT2D eigenvalue weighted by molar-refractivity contribution is 4.86. The molecular weight excluding hydrogens is 202 g/mol. The topological polar surface area (TPSA) is 51.0 Å². The van der Waals surface area contributed by atoms with Crippen molar-refractivity contribution in [1.29, 1.82) is 0 Å². The van der Waals surface area contributed by atoms with E-state index < -0.39 is 0 Å². The van der Waals surface area contributed by atoms with Gasteiger partial charge in [0.05, 0.1) is 6.54 Å². The summed E-state index contributed by atoms with van der Waals surface area (Å²) >= 11 is 0. The Kier molecular flexibility index (Phi) is 4.47. The second-order valence-corrected chi connectivity index (χ2v) is 5.34. The smallest absolute Gasteiger partial charge is 0.230 e. The van der Waals surface area contributed by atoms with Crippen molar-refractivity contribution >= 4 is 0 Å². The Morgan fingerprint density at radius 3 is 2.44 bits per heavy atom. The van der Waals surface area contributed by atoms with Crippen LogP contribution in [0.15, 0.2) is 4.42 Å². The Morgan fingerprint density at radius 2 is 1.88 bits per heavy atom. The summed E-state index contributed by atoms with van der Waals surface area (Å²) in [4.78, 5) is 0. The summed E-state index contributed by atoms with van der Waals surface area (Å²) in [6.07, 6.45) is 0.850. The maximum atomic E-state index is 5.57. The molecule has 0 aliphatic rings. The molecule has 1 aromatic rings. The predicted molar refractivity (Wildman–Crippen MR) is 64.0 cm³/mol. The van der Waals surface area contributed by atoms with Crippen molar-refractivity contribution in [3.63, 3.8) is 0 Å². The molecule has 0 aromatic carbocycles. The lowest BCUT2D eigenvalue weighted by Crippen LogP contribution is -2.19. The first kappa shape index (κ1) is 13.2. The van der Waals surface area contributed by atoms with Gasteiger partial charge in [-0.15, -0.1) is 10.2 Å². The average Bonchev–Trinajstić information content (AvgIpc) is 2.61. The summed E-state index contributed by atoms with van der Waals surface area (Å²) in [7, 11) is 0. The molecule has 1 atom stereocenters. The van der Waals surface area contributed by atoms with Crippen LogP contribution in [0.4, 0.5) is 0 Å². The quantitative estimate of drug-likeness (QED) is 0.836. The molecule has 0 fully saturated rings. The second kappa shape index (κ2) is 5.43. The number of rotatable bonds is 5. The number of nitrogens with zero attached hydrogens (tertiary/aromatic N) is 2. The van der Waals surface area contributed by atoms with Gasteiger partial charge in [-0.2, -0.15) is 0 Å². The summed E-state index contributed by atoms with van der Waals surface area (Å²) in [6, 6.07) is 0. The zero-order valence-corrected chi connectivity index (χ0v) is 11.0. The van der Waals surface area contributed by atoms with E-state index in [1.54, 1.807) is 0 Å². The fraction of sp³-hybridized carbons (Fsp3) is 0.833. The van der Waals surface area contributed by atoms with Gasteiger partial charge >= 0.3 is 0 Å². The Labute approximate surface area is 97.8 Å². The van der Waals surface area contributed by atoms with E-state index >= 15 is 0 Å². The fourth-order valence-electron chi connectivity index (χ4n) is 1.24. The lowest BCUT2D eigenvalue weighted by atomic mass is 9.80. The predicted octanol–water partition coefficient (Wildman–Crippen LogP) is 2.40. The Balaban J connectivity index is 2.52. The molecule has 1 rings (SSSR count). The molecule has 0 amide bonds. The van der Waals surface area contributed by atoms with Crippen molar-refractivity contribution < 1.29 is 4.42 Å². The van der Waals surface area contributed by atoms with Crippen LogP contribution in [0.3, 0.4) is 0 Å². The van der Waals surface area contributed by atoms with E-state index in [1.165, 1.54) is 0 Å². The third-order valence-electron chi connectivity index (χ3n) is 2.99. The van der Waals surface area contributed by atoms with Crippen molar-refractivity contribution in [2.75, 3.05) is 6.54 Å². The SMILES string of the molecule is CCNCc1nnc(CC(C)C(C)(C)C)o1. The van der Waals surface area contributed by atoms with E-state index in [2.05, 4.69) is 50.1 Å². The van der Waals surface area contributed by atoms with Crippen LogP contribution in [-0.4, -0.2) is 16.7 Å². The summed E-state index contributed by atoms with van der Waals surface area (Å²) in [5.74, 6) is 1.95. The molecule has 0 saturated carbocycles. The molecule has 0 radical (unpaired) electrons. The van der Waals surface area contributed by atoms with Gasteiger partial charge in [0.25, 0.3) is 0 Å². The fourth-order valence-corrected chi connectivity index (χ4v) is 1.24. The first-order chi connectivity index (χ1) is 7.43. The van der Waals surface area contributed by atoms with Crippen molar-refractivity contribution in [1.82, 2.24) is 15.5 Å². The van der Waals surface area contributed by atoms with Gasteiger partial charge in [0.2, 0.25) is 11.8 Å². The largest absolute Gasteiger partial charge is 0.424 e. The van der Waals surface area contributed by atoms with Gasteiger partial charge in [0.15, 0.2) is 0 Å². The molecule has 1 aromatic heterocycles. The summed E-state index contributed by atoms with van der Waals surface area (Å²) in [5, 5.41) is 11.2. The van der Waals surface area contributed by atoms with Gasteiger partial charge < -0.3 is 9.73 Å². The maximum absolute atomic E-state index is 5.57. The van der Waals surface area contributed by atoms with E-state index in [-0.39, 0.29) is 5.41 Å². The van der Waals surface area contributed by atoms with Crippen LogP contribution >= 0.6 is 0 Å². The zero-order valence-electron chi connectivity index (χ0n) is 11.0. The van der Waals surface area contributed by atoms with Crippen LogP contribution < -0.4 is 5.32 Å². The number of nitrogens with one attached hydrogen (secondary N) is 1. The van der Waals surface area contributed by atoms with Crippen LogP contribution in [-0.2, 0) is 13.0 Å². The van der Waals surface area contributed by atoms with Gasteiger partial charge in [-0.25, -0.2) is 0 Å². The monoisotopic (exact) mass is 225 g/mol. The molecule has 0 spiro atoms. The normalized spacial score (nSPS) is 14.1. The molecule has 1 N–H and O–H groups in total. The number of hydrogen-bond acceptors (Lipinski definition) is 4. The standard InChI is InChI=1S/C12H23N3O/c1-6-13-8-11-15-14-10(16-11)7-9(2)12(3,4)5/h9,13H,6-8H2,1-5H3. The maximum Gasteiger partial charge on any atom is 0.230 e. The van der Waals surface area contributed by atoms with E-state index in [0.717, 1.165) is 18.9 Å². The van der Waals surface area contributed by atoms with E-state index in [4.69, 9.17) is 4.42 Å². The van der Waals surface area contributed by atoms with Crippen molar-refractivity contribution in [2.24, 2.45) is 11.3 Å². The third-order valence-corrected chi connectivity index (χ3v) is 2.99. The average molecular weight is 225 g/mol. The summed E-state index contributed by atoms with van der Waals surface area (Å²) in [6.45, 7) is 12.5. The highest BCUT2D eigenvalue weighted by atomic mass is 16.4. The highest BCUT2D eigenvalue weighted by Gasteiger charge is 2.22. The van der Waals surface area contributed by atoms with Crippen molar-refractivity contribution in [3.8, 4) is 0 Å². The van der Waals surface area contributed by atoms with Crippen LogP contribution in [0, 0.1) is 11.3 Å². The highest BCUT2D eigenvalue weighted by Crippen LogP contribution is 2.27. The van der Waals surface area contributed by atoms with E-state index in [9.17, 15) is 0 Å². The van der Waals surface area contributed by atoms with Crippen LogP contribution in [0.1, 0.15) is 46.4 Å². The second-order valence-electron chi connectivity index (χ2n) is 5.34. The molecule has 4 heteroatoms. The Hall–Kier alpha value is -0.900. The Bertz CT molecular complexity index is 314. The number of aromatic nitrogens is 2. The van der Waals surface area contributed by atoms with Gasteiger partial charge in [-0.3, -0.25) is 0 Å². The third kappa shape index (κ3) is 3.93.